The largest absolute Gasteiger partial charge is 0.444 e. The summed E-state index contributed by atoms with van der Waals surface area (Å²) in [6, 6.07) is 4.10. The van der Waals surface area contributed by atoms with Gasteiger partial charge in [-0.2, -0.15) is 13.2 Å². The molecular formula is C15H20BrF3N2O2. The number of ether oxygens (including phenoxy) is 1. The summed E-state index contributed by atoms with van der Waals surface area (Å²) in [5.74, 6) is 0. The molecule has 1 unspecified atom stereocenters. The van der Waals surface area contributed by atoms with Gasteiger partial charge in [-0.3, -0.25) is 0 Å². The summed E-state index contributed by atoms with van der Waals surface area (Å²) in [4.78, 5) is 11.4. The lowest BCUT2D eigenvalue weighted by Crippen LogP contribution is -2.40. The maximum Gasteiger partial charge on any atom is 0.407 e. The summed E-state index contributed by atoms with van der Waals surface area (Å²) < 4.78 is 45.1. The van der Waals surface area contributed by atoms with Crippen LogP contribution in [0.25, 0.3) is 0 Å². The molecule has 0 aromatic heterocycles. The Kier molecular flexibility index (Phi) is 6.88. The van der Waals surface area contributed by atoms with Crippen molar-refractivity contribution in [2.24, 2.45) is 0 Å². The van der Waals surface area contributed by atoms with Crippen LogP contribution >= 0.6 is 15.9 Å². The first-order valence-corrected chi connectivity index (χ1v) is 7.81. The number of hydrogen-bond acceptors (Lipinski definition) is 3. The highest BCUT2D eigenvalue weighted by atomic mass is 79.9. The third kappa shape index (κ3) is 7.69. The summed E-state index contributed by atoms with van der Waals surface area (Å²) in [5, 5.41) is 4.81. The Morgan fingerprint density at radius 3 is 2.22 bits per heavy atom. The van der Waals surface area contributed by atoms with Gasteiger partial charge < -0.3 is 15.4 Å². The van der Waals surface area contributed by atoms with Crippen LogP contribution in [0.15, 0.2) is 28.7 Å². The lowest BCUT2D eigenvalue weighted by Gasteiger charge is -2.23. The zero-order valence-electron chi connectivity index (χ0n) is 13.1. The zero-order chi connectivity index (χ0) is 17.7. The number of benzene rings is 1. The Labute approximate surface area is 141 Å². The van der Waals surface area contributed by atoms with Crippen molar-refractivity contribution in [3.63, 3.8) is 0 Å². The number of carbonyl (C=O) groups excluding carboxylic acids is 1. The molecule has 1 atom stereocenters. The van der Waals surface area contributed by atoms with E-state index in [0.717, 1.165) is 0 Å². The molecule has 0 heterocycles. The van der Waals surface area contributed by atoms with Crippen molar-refractivity contribution < 1.29 is 22.7 Å². The highest BCUT2D eigenvalue weighted by Crippen LogP contribution is 2.32. The van der Waals surface area contributed by atoms with Crippen LogP contribution < -0.4 is 10.6 Å². The van der Waals surface area contributed by atoms with E-state index >= 15 is 0 Å². The summed E-state index contributed by atoms with van der Waals surface area (Å²) in [7, 11) is 0. The van der Waals surface area contributed by atoms with Crippen LogP contribution in [-0.2, 0) is 4.74 Å². The van der Waals surface area contributed by atoms with Gasteiger partial charge in [-0.05, 0) is 38.5 Å². The minimum atomic E-state index is -4.43. The maximum atomic E-state index is 13.1. The number of alkyl carbamates (subject to hydrolysis) is 1. The molecule has 0 aliphatic rings. The lowest BCUT2D eigenvalue weighted by atomic mass is 10.1. The van der Waals surface area contributed by atoms with Crippen molar-refractivity contribution in [3.05, 3.63) is 34.3 Å². The van der Waals surface area contributed by atoms with E-state index in [0.29, 0.717) is 4.47 Å². The van der Waals surface area contributed by atoms with Crippen LogP contribution in [0.3, 0.4) is 0 Å². The molecule has 2 N–H and O–H groups in total. The van der Waals surface area contributed by atoms with Crippen molar-refractivity contribution in [1.82, 2.24) is 10.6 Å². The van der Waals surface area contributed by atoms with E-state index in [2.05, 4.69) is 26.6 Å². The molecule has 0 aliphatic carbocycles. The SMILES string of the molecule is CC(C)(C)OC(=O)NCCNC(c1ccc(Br)cc1)C(F)(F)F. The molecule has 1 rings (SSSR count). The number of nitrogens with one attached hydrogen (secondary N) is 2. The van der Waals surface area contributed by atoms with Crippen molar-refractivity contribution in [2.75, 3.05) is 13.1 Å². The van der Waals surface area contributed by atoms with Crippen molar-refractivity contribution in [3.8, 4) is 0 Å². The van der Waals surface area contributed by atoms with Gasteiger partial charge in [0.05, 0.1) is 0 Å². The maximum absolute atomic E-state index is 13.1. The van der Waals surface area contributed by atoms with Crippen molar-refractivity contribution in [1.29, 1.82) is 0 Å². The van der Waals surface area contributed by atoms with Gasteiger partial charge in [0, 0.05) is 17.6 Å². The molecule has 1 amide bonds. The van der Waals surface area contributed by atoms with Gasteiger partial charge in [-0.15, -0.1) is 0 Å². The summed E-state index contributed by atoms with van der Waals surface area (Å²) in [6.45, 7) is 5.10. The number of hydrogen-bond donors (Lipinski definition) is 2. The van der Waals surface area contributed by atoms with Gasteiger partial charge in [-0.1, -0.05) is 28.1 Å². The lowest BCUT2D eigenvalue weighted by molar-refractivity contribution is -0.157. The predicted octanol–water partition coefficient (Wildman–Crippen LogP) is 4.17. The number of alkyl halides is 3. The second kappa shape index (κ2) is 8.01. The Hall–Kier alpha value is -1.28. The predicted molar refractivity (Wildman–Crippen MR) is 85.2 cm³/mol. The van der Waals surface area contributed by atoms with Gasteiger partial charge in [-0.25, -0.2) is 4.79 Å². The van der Waals surface area contributed by atoms with E-state index in [-0.39, 0.29) is 18.7 Å². The number of amides is 1. The first-order chi connectivity index (χ1) is 10.5. The Morgan fingerprint density at radius 1 is 1.17 bits per heavy atom. The van der Waals surface area contributed by atoms with E-state index in [1.54, 1.807) is 32.9 Å². The Balaban J connectivity index is 2.54. The molecule has 1 aromatic carbocycles. The molecule has 0 fully saturated rings. The molecule has 0 spiro atoms. The molecule has 1 aromatic rings. The topological polar surface area (TPSA) is 50.4 Å². The van der Waals surface area contributed by atoms with Gasteiger partial charge in [0.1, 0.15) is 11.6 Å². The van der Waals surface area contributed by atoms with E-state index in [1.807, 2.05) is 0 Å². The first kappa shape index (κ1) is 19.8. The molecule has 0 saturated carbocycles. The molecule has 0 aliphatic heterocycles. The summed E-state index contributed by atoms with van der Waals surface area (Å²) in [6.07, 6.45) is -5.09. The highest BCUT2D eigenvalue weighted by molar-refractivity contribution is 9.10. The third-order valence-corrected chi connectivity index (χ3v) is 3.20. The monoisotopic (exact) mass is 396 g/mol. The molecule has 0 saturated heterocycles. The van der Waals surface area contributed by atoms with Crippen LogP contribution in [0.1, 0.15) is 32.4 Å². The van der Waals surface area contributed by atoms with E-state index in [4.69, 9.17) is 4.74 Å². The molecule has 8 heteroatoms. The average Bonchev–Trinajstić information content (AvgIpc) is 2.36. The van der Waals surface area contributed by atoms with E-state index in [1.165, 1.54) is 12.1 Å². The smallest absolute Gasteiger partial charge is 0.407 e. The minimum Gasteiger partial charge on any atom is -0.444 e. The zero-order valence-corrected chi connectivity index (χ0v) is 14.7. The molecule has 130 valence electrons. The van der Waals surface area contributed by atoms with Crippen LogP contribution in [-0.4, -0.2) is 31.0 Å². The fourth-order valence-electron chi connectivity index (χ4n) is 1.77. The Bertz CT molecular complexity index is 513. The normalized spacial score (nSPS) is 13.5. The van der Waals surface area contributed by atoms with Gasteiger partial charge in [0.25, 0.3) is 0 Å². The summed E-state index contributed by atoms with van der Waals surface area (Å²) in [5.41, 5.74) is -0.540. The molecule has 4 nitrogen and oxygen atoms in total. The fraction of sp³-hybridized carbons (Fsp3) is 0.533. The standard InChI is InChI=1S/C15H20BrF3N2O2/c1-14(2,3)23-13(22)21-9-8-20-12(15(17,18)19)10-4-6-11(16)7-5-10/h4-7,12,20H,8-9H2,1-3H3,(H,21,22). The molecule has 23 heavy (non-hydrogen) atoms. The Morgan fingerprint density at radius 2 is 1.74 bits per heavy atom. The molecule has 0 bridgehead atoms. The van der Waals surface area contributed by atoms with Gasteiger partial charge in [0.15, 0.2) is 0 Å². The van der Waals surface area contributed by atoms with Crippen LogP contribution in [0.2, 0.25) is 0 Å². The average molecular weight is 397 g/mol. The van der Waals surface area contributed by atoms with Gasteiger partial charge in [0.2, 0.25) is 0 Å². The van der Waals surface area contributed by atoms with Crippen molar-refractivity contribution >= 4 is 22.0 Å². The van der Waals surface area contributed by atoms with E-state index < -0.39 is 23.9 Å². The second-order valence-corrected chi connectivity index (χ2v) is 6.82. The first-order valence-electron chi connectivity index (χ1n) is 7.01. The van der Waals surface area contributed by atoms with Crippen LogP contribution in [0.5, 0.6) is 0 Å². The van der Waals surface area contributed by atoms with Crippen LogP contribution in [0, 0.1) is 0 Å². The second-order valence-electron chi connectivity index (χ2n) is 5.91. The highest BCUT2D eigenvalue weighted by Gasteiger charge is 2.40. The number of carbonyl (C=O) groups is 1. The molecular weight excluding hydrogens is 377 g/mol. The quantitative estimate of drug-likeness (QED) is 0.734. The van der Waals surface area contributed by atoms with Crippen molar-refractivity contribution in [2.45, 2.75) is 38.6 Å². The number of halogens is 4. The fourth-order valence-corrected chi connectivity index (χ4v) is 2.04. The minimum absolute atomic E-state index is 0.0258. The van der Waals surface area contributed by atoms with Crippen LogP contribution in [0.4, 0.5) is 18.0 Å². The van der Waals surface area contributed by atoms with E-state index in [9.17, 15) is 18.0 Å². The van der Waals surface area contributed by atoms with Gasteiger partial charge >= 0.3 is 12.3 Å². The number of rotatable bonds is 5. The summed E-state index contributed by atoms with van der Waals surface area (Å²) >= 11 is 3.19. The molecule has 0 radical (unpaired) electrons. The third-order valence-electron chi connectivity index (χ3n) is 2.67.